The van der Waals surface area contributed by atoms with Crippen molar-refractivity contribution in [3.8, 4) is 5.75 Å². The highest BCUT2D eigenvalue weighted by atomic mass is 35.5. The summed E-state index contributed by atoms with van der Waals surface area (Å²) in [5.74, 6) is -0.514. The molecule has 2 heterocycles. The molecule has 1 amide bonds. The van der Waals surface area contributed by atoms with Crippen molar-refractivity contribution in [1.82, 2.24) is 9.97 Å². The number of fused-ring (bicyclic) bond motifs is 1. The van der Waals surface area contributed by atoms with Crippen molar-refractivity contribution in [3.63, 3.8) is 0 Å². The third-order valence-electron chi connectivity index (χ3n) is 3.84. The standard InChI is InChI=1S/C18H12ClFN4O2/c19-18-21-9-11(20)16(24-18)22-12-6-2-1-5-10(12)15-17(25)23-13-7-3-4-8-14(13)26-15/h1-9,15H,(H,23,25)(H,21,22,24). The molecule has 2 aromatic carbocycles. The molecule has 4 rings (SSSR count). The summed E-state index contributed by atoms with van der Waals surface area (Å²) in [7, 11) is 0. The van der Waals surface area contributed by atoms with Gasteiger partial charge in [0.2, 0.25) is 11.4 Å². The van der Waals surface area contributed by atoms with Gasteiger partial charge in [-0.3, -0.25) is 4.79 Å². The number of rotatable bonds is 3. The van der Waals surface area contributed by atoms with E-state index >= 15 is 0 Å². The van der Waals surface area contributed by atoms with Gasteiger partial charge in [0.05, 0.1) is 11.9 Å². The molecule has 26 heavy (non-hydrogen) atoms. The van der Waals surface area contributed by atoms with E-state index in [1.165, 1.54) is 0 Å². The molecule has 0 saturated carbocycles. The second kappa shape index (κ2) is 6.61. The third kappa shape index (κ3) is 3.04. The molecule has 8 heteroatoms. The molecule has 0 spiro atoms. The second-order valence-electron chi connectivity index (χ2n) is 5.53. The molecule has 0 fully saturated rings. The maximum Gasteiger partial charge on any atom is 0.270 e. The lowest BCUT2D eigenvalue weighted by Crippen LogP contribution is -2.30. The molecule has 0 saturated heterocycles. The maximum atomic E-state index is 13.9. The molecule has 0 bridgehead atoms. The van der Waals surface area contributed by atoms with E-state index in [2.05, 4.69) is 20.6 Å². The van der Waals surface area contributed by atoms with Crippen molar-refractivity contribution >= 4 is 34.7 Å². The van der Waals surface area contributed by atoms with Gasteiger partial charge in [-0.15, -0.1) is 0 Å². The number of halogens is 2. The van der Waals surface area contributed by atoms with E-state index in [9.17, 15) is 9.18 Å². The number of amides is 1. The van der Waals surface area contributed by atoms with Crippen LogP contribution < -0.4 is 15.4 Å². The Balaban J connectivity index is 1.70. The quantitative estimate of drug-likeness (QED) is 0.679. The number of carbonyl (C=O) groups excluding carboxylic acids is 1. The number of hydrogen-bond acceptors (Lipinski definition) is 5. The van der Waals surface area contributed by atoms with E-state index in [0.717, 1.165) is 6.20 Å². The summed E-state index contributed by atoms with van der Waals surface area (Å²) in [5.41, 5.74) is 1.61. The van der Waals surface area contributed by atoms with Crippen LogP contribution in [0.2, 0.25) is 5.28 Å². The fraction of sp³-hybridized carbons (Fsp3) is 0.0556. The van der Waals surface area contributed by atoms with Crippen molar-refractivity contribution in [2.45, 2.75) is 6.10 Å². The lowest BCUT2D eigenvalue weighted by Gasteiger charge is -2.27. The van der Waals surface area contributed by atoms with Crippen molar-refractivity contribution in [1.29, 1.82) is 0 Å². The van der Waals surface area contributed by atoms with Crippen LogP contribution >= 0.6 is 11.6 Å². The normalized spacial score (nSPS) is 15.6. The molecular weight excluding hydrogens is 359 g/mol. The van der Waals surface area contributed by atoms with Crippen LogP contribution in [0.5, 0.6) is 5.75 Å². The van der Waals surface area contributed by atoms with Crippen LogP contribution in [0, 0.1) is 5.82 Å². The van der Waals surface area contributed by atoms with E-state index < -0.39 is 11.9 Å². The highest BCUT2D eigenvalue weighted by molar-refractivity contribution is 6.28. The molecule has 0 aliphatic carbocycles. The Hall–Kier alpha value is -3.19. The van der Waals surface area contributed by atoms with E-state index in [0.29, 0.717) is 22.7 Å². The lowest BCUT2D eigenvalue weighted by molar-refractivity contribution is -0.123. The number of aromatic nitrogens is 2. The van der Waals surface area contributed by atoms with Gasteiger partial charge in [0.1, 0.15) is 5.75 Å². The second-order valence-corrected chi connectivity index (χ2v) is 5.87. The van der Waals surface area contributed by atoms with Gasteiger partial charge in [0.25, 0.3) is 5.91 Å². The molecule has 0 radical (unpaired) electrons. The van der Waals surface area contributed by atoms with Crippen molar-refractivity contribution < 1.29 is 13.9 Å². The van der Waals surface area contributed by atoms with E-state index in [1.807, 2.05) is 6.07 Å². The fourth-order valence-corrected chi connectivity index (χ4v) is 2.79. The molecule has 1 unspecified atom stereocenters. The summed E-state index contributed by atoms with van der Waals surface area (Å²) >= 11 is 5.73. The molecule has 1 atom stereocenters. The van der Waals surface area contributed by atoms with Crippen LogP contribution in [0.3, 0.4) is 0 Å². The summed E-state index contributed by atoms with van der Waals surface area (Å²) in [5, 5.41) is 5.57. The fourth-order valence-electron chi connectivity index (χ4n) is 2.66. The van der Waals surface area contributed by atoms with Crippen LogP contribution in [-0.2, 0) is 4.79 Å². The molecular formula is C18H12ClFN4O2. The zero-order valence-electron chi connectivity index (χ0n) is 13.2. The van der Waals surface area contributed by atoms with Gasteiger partial charge in [-0.1, -0.05) is 30.3 Å². The van der Waals surface area contributed by atoms with E-state index in [1.54, 1.807) is 42.5 Å². The number of para-hydroxylation sites is 3. The Bertz CT molecular complexity index is 998. The smallest absolute Gasteiger partial charge is 0.270 e. The van der Waals surface area contributed by atoms with Gasteiger partial charge in [0, 0.05) is 11.3 Å². The van der Waals surface area contributed by atoms with Crippen LogP contribution in [0.15, 0.2) is 54.7 Å². The highest BCUT2D eigenvalue weighted by Gasteiger charge is 2.30. The molecule has 1 aliphatic rings. The predicted molar refractivity (Wildman–Crippen MR) is 95.2 cm³/mol. The van der Waals surface area contributed by atoms with Gasteiger partial charge < -0.3 is 15.4 Å². The first-order chi connectivity index (χ1) is 12.6. The van der Waals surface area contributed by atoms with Gasteiger partial charge in [-0.2, -0.15) is 4.98 Å². The number of nitrogens with one attached hydrogen (secondary N) is 2. The van der Waals surface area contributed by atoms with Gasteiger partial charge in [0.15, 0.2) is 11.6 Å². The minimum absolute atomic E-state index is 0.0888. The highest BCUT2D eigenvalue weighted by Crippen LogP contribution is 2.37. The number of nitrogens with zero attached hydrogens (tertiary/aromatic N) is 2. The zero-order valence-corrected chi connectivity index (χ0v) is 14.0. The van der Waals surface area contributed by atoms with Gasteiger partial charge >= 0.3 is 0 Å². The molecule has 130 valence electrons. The first kappa shape index (κ1) is 16.3. The Kier molecular flexibility index (Phi) is 4.14. The lowest BCUT2D eigenvalue weighted by atomic mass is 10.0. The van der Waals surface area contributed by atoms with Crippen molar-refractivity contribution in [3.05, 3.63) is 71.4 Å². The Morgan fingerprint density at radius 1 is 1.15 bits per heavy atom. The number of benzene rings is 2. The van der Waals surface area contributed by atoms with Crippen LogP contribution in [0.25, 0.3) is 0 Å². The summed E-state index contributed by atoms with van der Waals surface area (Å²) in [6.07, 6.45) is 0.0781. The van der Waals surface area contributed by atoms with E-state index in [4.69, 9.17) is 16.3 Å². The van der Waals surface area contributed by atoms with Crippen LogP contribution in [-0.4, -0.2) is 15.9 Å². The Morgan fingerprint density at radius 2 is 1.92 bits per heavy atom. The summed E-state index contributed by atoms with van der Waals surface area (Å²) in [6.45, 7) is 0. The van der Waals surface area contributed by atoms with Crippen molar-refractivity contribution in [2.24, 2.45) is 0 Å². The number of ether oxygens (including phenoxy) is 1. The molecule has 1 aromatic heterocycles. The zero-order chi connectivity index (χ0) is 18.1. The Morgan fingerprint density at radius 3 is 2.81 bits per heavy atom. The number of hydrogen-bond donors (Lipinski definition) is 2. The largest absolute Gasteiger partial charge is 0.474 e. The SMILES string of the molecule is O=C1Nc2ccccc2OC1c1ccccc1Nc1nc(Cl)ncc1F. The number of carbonyl (C=O) groups is 1. The maximum absolute atomic E-state index is 13.9. The monoisotopic (exact) mass is 370 g/mol. The van der Waals surface area contributed by atoms with Gasteiger partial charge in [-0.25, -0.2) is 9.37 Å². The molecule has 3 aromatic rings. The minimum Gasteiger partial charge on any atom is -0.474 e. The Labute approximate surface area is 153 Å². The van der Waals surface area contributed by atoms with Crippen molar-refractivity contribution in [2.75, 3.05) is 10.6 Å². The number of anilines is 3. The molecule has 2 N–H and O–H groups in total. The molecule has 6 nitrogen and oxygen atoms in total. The summed E-state index contributed by atoms with van der Waals surface area (Å²) < 4.78 is 19.8. The van der Waals surface area contributed by atoms with Crippen LogP contribution in [0.1, 0.15) is 11.7 Å². The average molecular weight is 371 g/mol. The third-order valence-corrected chi connectivity index (χ3v) is 4.02. The first-order valence-corrected chi connectivity index (χ1v) is 8.10. The topological polar surface area (TPSA) is 76.1 Å². The minimum atomic E-state index is -0.894. The van der Waals surface area contributed by atoms with Crippen LogP contribution in [0.4, 0.5) is 21.6 Å². The van der Waals surface area contributed by atoms with Gasteiger partial charge in [-0.05, 0) is 29.8 Å². The first-order valence-electron chi connectivity index (χ1n) is 7.72. The summed E-state index contributed by atoms with van der Waals surface area (Å²) in [4.78, 5) is 19.9. The predicted octanol–water partition coefficient (Wildman–Crippen LogP) is 4.08. The summed E-state index contributed by atoms with van der Waals surface area (Å²) in [6, 6.07) is 14.1. The average Bonchev–Trinajstić information content (AvgIpc) is 2.65. The van der Waals surface area contributed by atoms with E-state index in [-0.39, 0.29) is 17.0 Å². The molecule has 1 aliphatic heterocycles.